The van der Waals surface area contributed by atoms with Gasteiger partial charge in [0.2, 0.25) is 5.91 Å². The normalized spacial score (nSPS) is 13.5. The van der Waals surface area contributed by atoms with E-state index >= 15 is 0 Å². The first kappa shape index (κ1) is 13.0. The van der Waals surface area contributed by atoms with Gasteiger partial charge in [0, 0.05) is 4.88 Å². The lowest BCUT2D eigenvalue weighted by atomic mass is 10.2. The summed E-state index contributed by atoms with van der Waals surface area (Å²) in [5.41, 5.74) is 5.54. The maximum Gasteiger partial charge on any atom is 0.287 e. The topological polar surface area (TPSA) is 75.4 Å². The van der Waals surface area contributed by atoms with E-state index in [0.29, 0.717) is 4.88 Å². The van der Waals surface area contributed by atoms with Crippen molar-refractivity contribution >= 4 is 17.2 Å². The molecule has 7 heteroatoms. The molecule has 1 aromatic heterocycles. The molecule has 1 amide bonds. The third-order valence-corrected chi connectivity index (χ3v) is 2.84. The Morgan fingerprint density at radius 2 is 2.38 bits per heavy atom. The molecule has 4 N–H and O–H groups in total. The van der Waals surface area contributed by atoms with Crippen LogP contribution in [0.5, 0.6) is 0 Å². The van der Waals surface area contributed by atoms with E-state index in [1.165, 1.54) is 11.3 Å². The summed E-state index contributed by atoms with van der Waals surface area (Å²) in [6.45, 7) is -2.22. The van der Waals surface area contributed by atoms with E-state index in [-0.39, 0.29) is 0 Å². The summed E-state index contributed by atoms with van der Waals surface area (Å²) in [6.07, 6.45) is 0. The summed E-state index contributed by atoms with van der Waals surface area (Å²) in [5, 5.41) is 12.0. The summed E-state index contributed by atoms with van der Waals surface area (Å²) in [7, 11) is 0. The van der Waals surface area contributed by atoms with Crippen LogP contribution in [0.1, 0.15) is 10.9 Å². The van der Waals surface area contributed by atoms with Crippen LogP contribution in [0, 0.1) is 0 Å². The van der Waals surface area contributed by atoms with Crippen LogP contribution in [-0.2, 0) is 4.79 Å². The fourth-order valence-electron chi connectivity index (χ4n) is 0.980. The SMILES string of the molecule is NC(C(=O)NCC(F)(F)CO)c1cccs1. The van der Waals surface area contributed by atoms with Gasteiger partial charge < -0.3 is 16.2 Å². The molecule has 0 aliphatic carbocycles. The van der Waals surface area contributed by atoms with E-state index in [1.54, 1.807) is 17.5 Å². The molecule has 0 fully saturated rings. The first-order valence-electron chi connectivity index (χ1n) is 4.51. The molecule has 1 unspecified atom stereocenters. The van der Waals surface area contributed by atoms with E-state index in [2.05, 4.69) is 0 Å². The van der Waals surface area contributed by atoms with Crippen LogP contribution >= 0.6 is 11.3 Å². The second-order valence-electron chi connectivity index (χ2n) is 3.22. The highest BCUT2D eigenvalue weighted by Crippen LogP contribution is 2.17. The zero-order valence-corrected chi connectivity index (χ0v) is 9.14. The van der Waals surface area contributed by atoms with Crippen molar-refractivity contribution in [3.63, 3.8) is 0 Å². The molecule has 4 nitrogen and oxygen atoms in total. The second kappa shape index (κ2) is 5.33. The smallest absolute Gasteiger partial charge is 0.287 e. The number of thiophene rings is 1. The van der Waals surface area contributed by atoms with E-state index < -0.39 is 31.0 Å². The number of carbonyl (C=O) groups is 1. The van der Waals surface area contributed by atoms with Crippen LogP contribution in [0.3, 0.4) is 0 Å². The molecule has 16 heavy (non-hydrogen) atoms. The number of hydrogen-bond donors (Lipinski definition) is 3. The maximum atomic E-state index is 12.6. The highest BCUT2D eigenvalue weighted by atomic mass is 32.1. The molecular formula is C9H12F2N2O2S. The second-order valence-corrected chi connectivity index (χ2v) is 4.20. The first-order valence-corrected chi connectivity index (χ1v) is 5.39. The first-order chi connectivity index (χ1) is 7.46. The molecule has 0 saturated heterocycles. The minimum Gasteiger partial charge on any atom is -0.390 e. The minimum atomic E-state index is -3.31. The number of amides is 1. The van der Waals surface area contributed by atoms with Gasteiger partial charge in [0.15, 0.2) is 0 Å². The van der Waals surface area contributed by atoms with Gasteiger partial charge in [-0.3, -0.25) is 4.79 Å². The van der Waals surface area contributed by atoms with Crippen molar-refractivity contribution in [2.75, 3.05) is 13.2 Å². The molecule has 1 aromatic rings. The average molecular weight is 250 g/mol. The van der Waals surface area contributed by atoms with Crippen LogP contribution in [0.4, 0.5) is 8.78 Å². The van der Waals surface area contributed by atoms with Crippen molar-refractivity contribution in [3.8, 4) is 0 Å². The molecule has 1 rings (SSSR count). The summed E-state index contributed by atoms with van der Waals surface area (Å²) in [5.74, 6) is -4.00. The number of aliphatic hydroxyl groups excluding tert-OH is 1. The molecule has 0 aromatic carbocycles. The monoisotopic (exact) mass is 250 g/mol. The highest BCUT2D eigenvalue weighted by Gasteiger charge is 2.29. The predicted molar refractivity (Wildman–Crippen MR) is 56.3 cm³/mol. The van der Waals surface area contributed by atoms with Gasteiger partial charge in [-0.1, -0.05) is 6.07 Å². The van der Waals surface area contributed by atoms with E-state index in [9.17, 15) is 13.6 Å². The lowest BCUT2D eigenvalue weighted by Crippen LogP contribution is -2.42. The lowest BCUT2D eigenvalue weighted by molar-refractivity contribution is -0.125. The number of hydrogen-bond acceptors (Lipinski definition) is 4. The minimum absolute atomic E-state index is 0.602. The molecule has 90 valence electrons. The third kappa shape index (κ3) is 3.51. The molecular weight excluding hydrogens is 238 g/mol. The Morgan fingerprint density at radius 1 is 1.69 bits per heavy atom. The van der Waals surface area contributed by atoms with Gasteiger partial charge in [-0.05, 0) is 11.4 Å². The van der Waals surface area contributed by atoms with Crippen LogP contribution < -0.4 is 11.1 Å². The van der Waals surface area contributed by atoms with Crippen molar-refractivity contribution in [3.05, 3.63) is 22.4 Å². The fourth-order valence-corrected chi connectivity index (χ4v) is 1.70. The molecule has 0 aliphatic rings. The van der Waals surface area contributed by atoms with Gasteiger partial charge >= 0.3 is 0 Å². The Labute approximate surface area is 95.1 Å². The quantitative estimate of drug-likeness (QED) is 0.712. The van der Waals surface area contributed by atoms with Crippen LogP contribution in [0.25, 0.3) is 0 Å². The van der Waals surface area contributed by atoms with Crippen molar-refractivity contribution in [2.45, 2.75) is 12.0 Å². The molecule has 0 aliphatic heterocycles. The number of nitrogens with two attached hydrogens (primary N) is 1. The van der Waals surface area contributed by atoms with Crippen molar-refractivity contribution in [1.29, 1.82) is 0 Å². The van der Waals surface area contributed by atoms with Crippen LogP contribution in [0.2, 0.25) is 0 Å². The number of rotatable bonds is 5. The Balaban J connectivity index is 2.47. The summed E-state index contributed by atoms with van der Waals surface area (Å²) >= 11 is 1.28. The molecule has 1 atom stereocenters. The Morgan fingerprint density at radius 3 is 2.88 bits per heavy atom. The summed E-state index contributed by atoms with van der Waals surface area (Å²) in [6, 6.07) is 2.42. The zero-order chi connectivity index (χ0) is 12.2. The van der Waals surface area contributed by atoms with Gasteiger partial charge in [-0.25, -0.2) is 8.78 Å². The Kier molecular flexibility index (Phi) is 4.34. The number of aliphatic hydroxyl groups is 1. The Bertz CT molecular complexity index is 343. The van der Waals surface area contributed by atoms with Gasteiger partial charge in [-0.2, -0.15) is 0 Å². The standard InChI is InChI=1S/C9H12F2N2O2S/c10-9(11,5-14)4-13-8(15)7(12)6-2-1-3-16-6/h1-3,7,14H,4-5,12H2,(H,13,15). The maximum absolute atomic E-state index is 12.6. The van der Waals surface area contributed by atoms with Crippen molar-refractivity contribution in [1.82, 2.24) is 5.32 Å². The Hall–Kier alpha value is -1.05. The van der Waals surface area contributed by atoms with Crippen molar-refractivity contribution in [2.24, 2.45) is 5.73 Å². The molecule has 0 spiro atoms. The number of halogens is 2. The predicted octanol–water partition coefficient (Wildman–Crippen LogP) is 0.492. The molecule has 1 heterocycles. The van der Waals surface area contributed by atoms with E-state index in [1.807, 2.05) is 5.32 Å². The molecule has 0 bridgehead atoms. The highest BCUT2D eigenvalue weighted by molar-refractivity contribution is 7.10. The van der Waals surface area contributed by atoms with E-state index in [0.717, 1.165) is 0 Å². The summed E-state index contributed by atoms with van der Waals surface area (Å²) < 4.78 is 25.2. The van der Waals surface area contributed by atoms with Crippen LogP contribution in [0.15, 0.2) is 17.5 Å². The van der Waals surface area contributed by atoms with Gasteiger partial charge in [-0.15, -0.1) is 11.3 Å². The van der Waals surface area contributed by atoms with Gasteiger partial charge in [0.1, 0.15) is 12.6 Å². The third-order valence-electron chi connectivity index (χ3n) is 1.88. The largest absolute Gasteiger partial charge is 0.390 e. The number of alkyl halides is 2. The fraction of sp³-hybridized carbons (Fsp3) is 0.444. The van der Waals surface area contributed by atoms with E-state index in [4.69, 9.17) is 10.8 Å². The zero-order valence-electron chi connectivity index (χ0n) is 8.32. The van der Waals surface area contributed by atoms with Crippen molar-refractivity contribution < 1.29 is 18.7 Å². The van der Waals surface area contributed by atoms with Gasteiger partial charge in [0.05, 0.1) is 6.54 Å². The number of carbonyl (C=O) groups excluding carboxylic acids is 1. The molecule has 0 radical (unpaired) electrons. The van der Waals surface area contributed by atoms with Gasteiger partial charge in [0.25, 0.3) is 5.92 Å². The van der Waals surface area contributed by atoms with Crippen LogP contribution in [-0.4, -0.2) is 30.1 Å². The lowest BCUT2D eigenvalue weighted by Gasteiger charge is -2.16. The average Bonchev–Trinajstić information content (AvgIpc) is 2.78. The molecule has 0 saturated carbocycles. The number of nitrogens with one attached hydrogen (secondary N) is 1. The summed E-state index contributed by atoms with van der Waals surface area (Å²) in [4.78, 5) is 12.0.